The van der Waals surface area contributed by atoms with Crippen LogP contribution < -0.4 is 10.6 Å². The Bertz CT molecular complexity index is 974. The second-order valence-electron chi connectivity index (χ2n) is 6.75. The van der Waals surface area contributed by atoms with E-state index in [0.29, 0.717) is 11.7 Å². The molecule has 0 bridgehead atoms. The summed E-state index contributed by atoms with van der Waals surface area (Å²) >= 11 is 11.8. The van der Waals surface area contributed by atoms with E-state index in [0.717, 1.165) is 33.3 Å². The molecule has 0 aliphatic carbocycles. The van der Waals surface area contributed by atoms with Crippen LogP contribution in [0.25, 0.3) is 0 Å². The molecule has 0 radical (unpaired) electrons. The van der Waals surface area contributed by atoms with Crippen molar-refractivity contribution in [1.82, 2.24) is 9.78 Å². The number of halogens is 1. The van der Waals surface area contributed by atoms with Crippen LogP contribution in [0.15, 0.2) is 42.5 Å². The van der Waals surface area contributed by atoms with Gasteiger partial charge in [0.1, 0.15) is 0 Å². The lowest BCUT2D eigenvalue weighted by Gasteiger charge is -2.12. The zero-order valence-electron chi connectivity index (χ0n) is 15.9. The van der Waals surface area contributed by atoms with E-state index in [1.807, 2.05) is 42.8 Å². The maximum absolute atomic E-state index is 6.29. The molecule has 0 spiro atoms. The van der Waals surface area contributed by atoms with Gasteiger partial charge in [0.2, 0.25) is 0 Å². The first-order chi connectivity index (χ1) is 12.8. The smallest absolute Gasteiger partial charge is 0.175 e. The Balaban J connectivity index is 1.76. The Labute approximate surface area is 170 Å². The molecule has 2 N–H and O–H groups in total. The number of nitrogens with one attached hydrogen (secondary N) is 2. The van der Waals surface area contributed by atoms with Gasteiger partial charge in [-0.25, -0.2) is 0 Å². The van der Waals surface area contributed by atoms with Gasteiger partial charge in [-0.2, -0.15) is 5.10 Å². The van der Waals surface area contributed by atoms with Crippen molar-refractivity contribution in [2.75, 3.05) is 10.6 Å². The molecule has 0 amide bonds. The van der Waals surface area contributed by atoms with E-state index >= 15 is 0 Å². The zero-order valence-corrected chi connectivity index (χ0v) is 17.5. The Hall–Kier alpha value is -2.37. The van der Waals surface area contributed by atoms with Gasteiger partial charge < -0.3 is 10.6 Å². The molecule has 1 aromatic heterocycles. The zero-order chi connectivity index (χ0) is 19.6. The largest absolute Gasteiger partial charge is 0.332 e. The highest BCUT2D eigenvalue weighted by Crippen LogP contribution is 2.23. The minimum absolute atomic E-state index is 0.545. The van der Waals surface area contributed by atoms with E-state index in [2.05, 4.69) is 47.8 Å². The Kier molecular flexibility index (Phi) is 5.82. The van der Waals surface area contributed by atoms with Crippen LogP contribution in [0.3, 0.4) is 0 Å². The van der Waals surface area contributed by atoms with Gasteiger partial charge in [0.15, 0.2) is 5.11 Å². The van der Waals surface area contributed by atoms with E-state index in [9.17, 15) is 0 Å². The number of nitrogens with zero attached hydrogens (tertiary/aromatic N) is 2. The number of hydrogen-bond acceptors (Lipinski definition) is 2. The van der Waals surface area contributed by atoms with Crippen LogP contribution >= 0.6 is 23.8 Å². The van der Waals surface area contributed by atoms with E-state index in [1.54, 1.807) is 0 Å². The van der Waals surface area contributed by atoms with Crippen LogP contribution in [0.4, 0.5) is 11.4 Å². The first-order valence-corrected chi connectivity index (χ1v) is 9.56. The molecule has 6 heteroatoms. The number of hydrogen-bond donors (Lipinski definition) is 2. The Morgan fingerprint density at radius 3 is 2.37 bits per heavy atom. The fraction of sp³-hybridized carbons (Fsp3) is 0.238. The molecule has 27 heavy (non-hydrogen) atoms. The molecule has 0 atom stereocenters. The number of anilines is 2. The molecule has 2 aromatic carbocycles. The highest BCUT2D eigenvalue weighted by molar-refractivity contribution is 7.80. The fourth-order valence-electron chi connectivity index (χ4n) is 3.14. The van der Waals surface area contributed by atoms with Gasteiger partial charge in [0.05, 0.1) is 23.6 Å². The van der Waals surface area contributed by atoms with E-state index in [1.165, 1.54) is 11.1 Å². The summed E-state index contributed by atoms with van der Waals surface area (Å²) < 4.78 is 1.94. The van der Waals surface area contributed by atoms with E-state index in [-0.39, 0.29) is 0 Å². The molecule has 3 aromatic rings. The molecule has 140 valence electrons. The van der Waals surface area contributed by atoms with Crippen LogP contribution in [0, 0.1) is 27.7 Å². The number of rotatable bonds is 4. The molecule has 0 aliphatic heterocycles. The lowest BCUT2D eigenvalue weighted by molar-refractivity contribution is 0.659. The first-order valence-electron chi connectivity index (χ1n) is 8.77. The first kappa shape index (κ1) is 19.4. The SMILES string of the molecule is Cc1cc(C)cc(NC(=S)Nc2c(C)nn(Cc3ccccc3Cl)c2C)c1. The third kappa shape index (κ3) is 4.67. The van der Waals surface area contributed by atoms with Crippen molar-refractivity contribution in [2.45, 2.75) is 34.2 Å². The number of benzene rings is 2. The second-order valence-corrected chi connectivity index (χ2v) is 7.57. The molecule has 0 fully saturated rings. The maximum atomic E-state index is 6.29. The summed E-state index contributed by atoms with van der Waals surface area (Å²) in [5.74, 6) is 0. The standard InChI is InChI=1S/C21H23ClN4S/c1-13-9-14(2)11-18(10-13)23-21(27)24-20-15(3)25-26(16(20)4)12-17-7-5-6-8-19(17)22/h5-11H,12H2,1-4H3,(H2,23,24,27). The highest BCUT2D eigenvalue weighted by Gasteiger charge is 2.14. The molecule has 0 unspecified atom stereocenters. The monoisotopic (exact) mass is 398 g/mol. The van der Waals surface area contributed by atoms with Crippen molar-refractivity contribution in [3.05, 3.63) is 75.6 Å². The molecule has 0 saturated carbocycles. The third-order valence-electron chi connectivity index (χ3n) is 4.38. The summed E-state index contributed by atoms with van der Waals surface area (Å²) in [7, 11) is 0. The summed E-state index contributed by atoms with van der Waals surface area (Å²) in [5, 5.41) is 12.5. The summed E-state index contributed by atoms with van der Waals surface area (Å²) in [5.41, 5.74) is 7.22. The predicted octanol–water partition coefficient (Wildman–Crippen LogP) is 5.63. The van der Waals surface area contributed by atoms with Gasteiger partial charge in [0.25, 0.3) is 0 Å². The maximum Gasteiger partial charge on any atom is 0.175 e. The van der Waals surface area contributed by atoms with Crippen molar-refractivity contribution in [3.63, 3.8) is 0 Å². The van der Waals surface area contributed by atoms with E-state index < -0.39 is 0 Å². The Morgan fingerprint density at radius 1 is 1.04 bits per heavy atom. The predicted molar refractivity (Wildman–Crippen MR) is 118 cm³/mol. The van der Waals surface area contributed by atoms with Gasteiger partial charge in [-0.05, 0) is 74.8 Å². The molecule has 4 nitrogen and oxygen atoms in total. The average Bonchev–Trinajstić information content (AvgIpc) is 2.83. The summed E-state index contributed by atoms with van der Waals surface area (Å²) in [4.78, 5) is 0. The Morgan fingerprint density at radius 2 is 1.70 bits per heavy atom. The number of thiocarbonyl (C=S) groups is 1. The summed E-state index contributed by atoms with van der Waals surface area (Å²) in [6.45, 7) is 8.76. The molecular formula is C21H23ClN4S. The van der Waals surface area contributed by atoms with Gasteiger partial charge in [-0.1, -0.05) is 35.9 Å². The van der Waals surface area contributed by atoms with Gasteiger partial charge in [-0.15, -0.1) is 0 Å². The van der Waals surface area contributed by atoms with Crippen molar-refractivity contribution in [2.24, 2.45) is 0 Å². The highest BCUT2D eigenvalue weighted by atomic mass is 35.5. The quantitative estimate of drug-likeness (QED) is 0.559. The van der Waals surface area contributed by atoms with Gasteiger partial charge >= 0.3 is 0 Å². The number of aryl methyl sites for hydroxylation is 3. The van der Waals surface area contributed by atoms with Gasteiger partial charge in [-0.3, -0.25) is 4.68 Å². The van der Waals surface area contributed by atoms with Crippen molar-refractivity contribution in [1.29, 1.82) is 0 Å². The lowest BCUT2D eigenvalue weighted by Crippen LogP contribution is -2.20. The van der Waals surface area contributed by atoms with Gasteiger partial charge in [0, 0.05) is 10.7 Å². The number of aromatic nitrogens is 2. The average molecular weight is 399 g/mol. The minimum Gasteiger partial charge on any atom is -0.332 e. The van der Waals surface area contributed by atoms with Crippen LogP contribution in [-0.4, -0.2) is 14.9 Å². The van der Waals surface area contributed by atoms with Crippen molar-refractivity contribution >= 4 is 40.3 Å². The van der Waals surface area contributed by atoms with Crippen LogP contribution in [0.5, 0.6) is 0 Å². The van der Waals surface area contributed by atoms with E-state index in [4.69, 9.17) is 23.8 Å². The fourth-order valence-corrected chi connectivity index (χ4v) is 3.56. The molecular weight excluding hydrogens is 376 g/mol. The van der Waals surface area contributed by atoms with Crippen LogP contribution in [-0.2, 0) is 6.54 Å². The molecule has 3 rings (SSSR count). The third-order valence-corrected chi connectivity index (χ3v) is 4.95. The summed E-state index contributed by atoms with van der Waals surface area (Å²) in [6, 6.07) is 14.1. The summed E-state index contributed by atoms with van der Waals surface area (Å²) in [6.07, 6.45) is 0. The molecule has 0 aliphatic rings. The molecule has 1 heterocycles. The lowest BCUT2D eigenvalue weighted by atomic mass is 10.1. The van der Waals surface area contributed by atoms with Crippen LogP contribution in [0.1, 0.15) is 28.1 Å². The normalized spacial score (nSPS) is 10.7. The topological polar surface area (TPSA) is 41.9 Å². The van der Waals surface area contributed by atoms with Crippen molar-refractivity contribution in [3.8, 4) is 0 Å². The minimum atomic E-state index is 0.545. The van der Waals surface area contributed by atoms with Crippen LogP contribution in [0.2, 0.25) is 5.02 Å². The van der Waals surface area contributed by atoms with Crippen molar-refractivity contribution < 1.29 is 0 Å². The second kappa shape index (κ2) is 8.11. The molecule has 0 saturated heterocycles.